The lowest BCUT2D eigenvalue weighted by Crippen LogP contribution is -2.27. The molecule has 0 radical (unpaired) electrons. The molecule has 0 unspecified atom stereocenters. The average molecular weight is 383 g/mol. The Balaban J connectivity index is 2.05. The van der Waals surface area contributed by atoms with Gasteiger partial charge in [0.15, 0.2) is 0 Å². The Kier molecular flexibility index (Phi) is 5.86. The molecule has 0 aliphatic rings. The SMILES string of the molecule is COc1ccc(Cl)cc1CN(C)C(=O)Cc1ccc(Br)cc1. The molecular weight excluding hydrogens is 366 g/mol. The zero-order valence-electron chi connectivity index (χ0n) is 12.5. The van der Waals surface area contributed by atoms with E-state index < -0.39 is 0 Å². The summed E-state index contributed by atoms with van der Waals surface area (Å²) in [6.45, 7) is 0.457. The van der Waals surface area contributed by atoms with Gasteiger partial charge in [0.1, 0.15) is 5.75 Å². The minimum Gasteiger partial charge on any atom is -0.496 e. The van der Waals surface area contributed by atoms with Crippen molar-refractivity contribution in [1.82, 2.24) is 4.90 Å². The maximum Gasteiger partial charge on any atom is 0.227 e. The number of benzene rings is 2. The van der Waals surface area contributed by atoms with Gasteiger partial charge in [-0.05, 0) is 35.9 Å². The van der Waals surface area contributed by atoms with Crippen LogP contribution in [0, 0.1) is 0 Å². The number of carbonyl (C=O) groups is 1. The minimum absolute atomic E-state index is 0.0457. The number of methoxy groups -OCH3 is 1. The second-order valence-electron chi connectivity index (χ2n) is 5.01. The van der Waals surface area contributed by atoms with Gasteiger partial charge in [-0.1, -0.05) is 39.7 Å². The molecule has 0 atom stereocenters. The average Bonchev–Trinajstić information content (AvgIpc) is 2.49. The largest absolute Gasteiger partial charge is 0.496 e. The number of hydrogen-bond acceptors (Lipinski definition) is 2. The molecule has 5 heteroatoms. The summed E-state index contributed by atoms with van der Waals surface area (Å²) in [5.74, 6) is 0.775. The number of rotatable bonds is 5. The van der Waals surface area contributed by atoms with Gasteiger partial charge in [0.05, 0.1) is 13.5 Å². The van der Waals surface area contributed by atoms with Crippen LogP contribution in [0.15, 0.2) is 46.9 Å². The Morgan fingerprint density at radius 2 is 1.91 bits per heavy atom. The number of carbonyl (C=O) groups excluding carboxylic acids is 1. The molecule has 116 valence electrons. The summed E-state index contributed by atoms with van der Waals surface area (Å²) in [5.41, 5.74) is 1.87. The first kappa shape index (κ1) is 16.8. The Bertz CT molecular complexity index is 658. The highest BCUT2D eigenvalue weighted by Crippen LogP contribution is 2.24. The third-order valence-electron chi connectivity index (χ3n) is 3.34. The van der Waals surface area contributed by atoms with Crippen LogP contribution in [0.25, 0.3) is 0 Å². The van der Waals surface area contributed by atoms with E-state index in [0.717, 1.165) is 21.3 Å². The molecule has 3 nitrogen and oxygen atoms in total. The van der Waals surface area contributed by atoms with Gasteiger partial charge in [0, 0.05) is 28.7 Å². The van der Waals surface area contributed by atoms with Crippen LogP contribution in [-0.2, 0) is 17.8 Å². The molecular formula is C17H17BrClNO2. The fraction of sp³-hybridized carbons (Fsp3) is 0.235. The topological polar surface area (TPSA) is 29.5 Å². The molecule has 0 fully saturated rings. The van der Waals surface area contributed by atoms with Gasteiger partial charge in [-0.3, -0.25) is 4.79 Å². The van der Waals surface area contributed by atoms with Crippen LogP contribution >= 0.6 is 27.5 Å². The standard InChI is InChI=1S/C17H17BrClNO2/c1-20(11-13-10-15(19)7-8-16(13)22-2)17(21)9-12-3-5-14(18)6-4-12/h3-8,10H,9,11H2,1-2H3. The van der Waals surface area contributed by atoms with E-state index >= 15 is 0 Å². The van der Waals surface area contributed by atoms with Crippen LogP contribution in [0.1, 0.15) is 11.1 Å². The van der Waals surface area contributed by atoms with Crippen molar-refractivity contribution >= 4 is 33.4 Å². The van der Waals surface area contributed by atoms with E-state index in [1.807, 2.05) is 36.4 Å². The van der Waals surface area contributed by atoms with E-state index in [2.05, 4.69) is 15.9 Å². The van der Waals surface area contributed by atoms with Crippen LogP contribution in [0.3, 0.4) is 0 Å². The molecule has 0 aliphatic carbocycles. The monoisotopic (exact) mass is 381 g/mol. The maximum atomic E-state index is 12.3. The van der Waals surface area contributed by atoms with E-state index in [9.17, 15) is 4.79 Å². The molecule has 1 amide bonds. The van der Waals surface area contributed by atoms with Crippen molar-refractivity contribution in [3.63, 3.8) is 0 Å². The summed E-state index contributed by atoms with van der Waals surface area (Å²) in [6.07, 6.45) is 0.368. The molecule has 0 aromatic heterocycles. The Morgan fingerprint density at radius 3 is 2.55 bits per heavy atom. The van der Waals surface area contributed by atoms with Crippen LogP contribution in [-0.4, -0.2) is 25.0 Å². The zero-order valence-corrected chi connectivity index (χ0v) is 14.8. The van der Waals surface area contributed by atoms with Gasteiger partial charge in [0.25, 0.3) is 0 Å². The Hall–Kier alpha value is -1.52. The summed E-state index contributed by atoms with van der Waals surface area (Å²) in [6, 6.07) is 13.2. The van der Waals surface area contributed by atoms with Crippen molar-refractivity contribution in [1.29, 1.82) is 0 Å². The maximum absolute atomic E-state index is 12.3. The van der Waals surface area contributed by atoms with Crippen molar-refractivity contribution in [3.8, 4) is 5.75 Å². The smallest absolute Gasteiger partial charge is 0.227 e. The van der Waals surface area contributed by atoms with Crippen molar-refractivity contribution in [2.75, 3.05) is 14.2 Å². The predicted octanol–water partition coefficient (Wildman–Crippen LogP) is 4.31. The zero-order chi connectivity index (χ0) is 16.1. The van der Waals surface area contributed by atoms with E-state index in [-0.39, 0.29) is 5.91 Å². The molecule has 0 bridgehead atoms. The molecule has 0 spiro atoms. The molecule has 2 aromatic rings. The molecule has 2 rings (SSSR count). The minimum atomic E-state index is 0.0457. The van der Waals surface area contributed by atoms with Crippen molar-refractivity contribution in [3.05, 3.63) is 63.1 Å². The van der Waals surface area contributed by atoms with Gasteiger partial charge in [0.2, 0.25) is 5.91 Å². The predicted molar refractivity (Wildman–Crippen MR) is 92.3 cm³/mol. The molecule has 0 saturated carbocycles. The Morgan fingerprint density at radius 1 is 1.23 bits per heavy atom. The van der Waals surface area contributed by atoms with Crippen LogP contribution in [0.5, 0.6) is 5.75 Å². The van der Waals surface area contributed by atoms with Crippen molar-refractivity contribution in [2.24, 2.45) is 0 Å². The highest BCUT2D eigenvalue weighted by Gasteiger charge is 2.13. The van der Waals surface area contributed by atoms with Crippen molar-refractivity contribution in [2.45, 2.75) is 13.0 Å². The number of halogens is 2. The summed E-state index contributed by atoms with van der Waals surface area (Å²) in [5, 5.41) is 0.629. The third-order valence-corrected chi connectivity index (χ3v) is 4.11. The number of nitrogens with zero attached hydrogens (tertiary/aromatic N) is 1. The molecule has 0 aliphatic heterocycles. The first-order valence-electron chi connectivity index (χ1n) is 6.80. The summed E-state index contributed by atoms with van der Waals surface area (Å²) >= 11 is 9.40. The van der Waals surface area contributed by atoms with Gasteiger partial charge < -0.3 is 9.64 Å². The van der Waals surface area contributed by atoms with Crippen LogP contribution < -0.4 is 4.74 Å². The second-order valence-corrected chi connectivity index (χ2v) is 6.36. The highest BCUT2D eigenvalue weighted by molar-refractivity contribution is 9.10. The van der Waals surface area contributed by atoms with Gasteiger partial charge in [-0.2, -0.15) is 0 Å². The Labute approximate surface area is 144 Å². The van der Waals surface area contributed by atoms with E-state index in [0.29, 0.717) is 18.0 Å². The normalized spacial score (nSPS) is 10.4. The number of likely N-dealkylation sites (N-methyl/N-ethyl adjacent to an activating group) is 1. The van der Waals surface area contributed by atoms with E-state index in [1.54, 1.807) is 25.1 Å². The van der Waals surface area contributed by atoms with Gasteiger partial charge >= 0.3 is 0 Å². The number of ether oxygens (including phenoxy) is 1. The third kappa shape index (κ3) is 4.49. The molecule has 0 N–H and O–H groups in total. The molecule has 0 saturated heterocycles. The highest BCUT2D eigenvalue weighted by atomic mass is 79.9. The van der Waals surface area contributed by atoms with E-state index in [4.69, 9.17) is 16.3 Å². The quantitative estimate of drug-likeness (QED) is 0.771. The van der Waals surface area contributed by atoms with E-state index in [1.165, 1.54) is 0 Å². The first-order valence-corrected chi connectivity index (χ1v) is 7.97. The van der Waals surface area contributed by atoms with Crippen LogP contribution in [0.4, 0.5) is 0 Å². The first-order chi connectivity index (χ1) is 10.5. The number of amides is 1. The fourth-order valence-electron chi connectivity index (χ4n) is 2.13. The van der Waals surface area contributed by atoms with Gasteiger partial charge in [-0.15, -0.1) is 0 Å². The molecule has 2 aromatic carbocycles. The van der Waals surface area contributed by atoms with Crippen LogP contribution in [0.2, 0.25) is 5.02 Å². The second kappa shape index (κ2) is 7.65. The lowest BCUT2D eigenvalue weighted by molar-refractivity contribution is -0.129. The fourth-order valence-corrected chi connectivity index (χ4v) is 2.59. The summed E-state index contributed by atoms with van der Waals surface area (Å²) < 4.78 is 6.31. The lowest BCUT2D eigenvalue weighted by Gasteiger charge is -2.19. The number of hydrogen-bond donors (Lipinski definition) is 0. The van der Waals surface area contributed by atoms with Gasteiger partial charge in [-0.25, -0.2) is 0 Å². The summed E-state index contributed by atoms with van der Waals surface area (Å²) in [4.78, 5) is 14.0. The van der Waals surface area contributed by atoms with Crippen molar-refractivity contribution < 1.29 is 9.53 Å². The summed E-state index contributed by atoms with van der Waals surface area (Å²) in [7, 11) is 3.39. The molecule has 0 heterocycles. The lowest BCUT2D eigenvalue weighted by atomic mass is 10.1. The molecule has 22 heavy (non-hydrogen) atoms.